The second-order valence-electron chi connectivity index (χ2n) is 4.94. The van der Waals surface area contributed by atoms with Gasteiger partial charge in [0.2, 0.25) is 0 Å². The number of anilines is 1. The molecule has 0 spiro atoms. The zero-order chi connectivity index (χ0) is 18.4. The Morgan fingerprint density at radius 1 is 1.40 bits per heavy atom. The number of hydrogen-bond acceptors (Lipinski definition) is 6. The topological polar surface area (TPSA) is 94.0 Å². The monoisotopic (exact) mass is 402 g/mol. The molecule has 8 nitrogen and oxygen atoms in total. The number of aromatic nitrogens is 4. The van der Waals surface area contributed by atoms with Crippen molar-refractivity contribution in [3.05, 3.63) is 27.7 Å². The molecule has 134 valence electrons. The number of hydrogen-bond donors (Lipinski definition) is 2. The van der Waals surface area contributed by atoms with Crippen molar-refractivity contribution in [2.45, 2.75) is 26.3 Å². The van der Waals surface area contributed by atoms with Gasteiger partial charge in [0.15, 0.2) is 5.11 Å². The standard InChI is InChI=1S/C14H16Cl2N6O2S/c1-3-4-5-22-20-13(19-21-22)18-14(25)17-12(23)9-6-8(15)7-10(16)11(9)24-2/h6-7H,3-5H2,1-2H3,(H2,17,18,20,23,25). The lowest BCUT2D eigenvalue weighted by Gasteiger charge is -2.11. The summed E-state index contributed by atoms with van der Waals surface area (Å²) in [6.45, 7) is 2.72. The van der Waals surface area contributed by atoms with Gasteiger partial charge in [-0.15, -0.1) is 5.10 Å². The largest absolute Gasteiger partial charge is 0.494 e. The lowest BCUT2D eigenvalue weighted by Crippen LogP contribution is -2.34. The number of unbranched alkanes of at least 4 members (excludes halogenated alkanes) is 1. The van der Waals surface area contributed by atoms with E-state index in [0.29, 0.717) is 11.6 Å². The minimum absolute atomic E-state index is 0.0122. The fraction of sp³-hybridized carbons (Fsp3) is 0.357. The molecule has 2 N–H and O–H groups in total. The maximum Gasteiger partial charge on any atom is 0.269 e. The maximum absolute atomic E-state index is 12.4. The number of carbonyl (C=O) groups is 1. The molecule has 0 saturated carbocycles. The molecule has 2 rings (SSSR count). The zero-order valence-corrected chi connectivity index (χ0v) is 15.9. The van der Waals surface area contributed by atoms with E-state index in [1.54, 1.807) is 0 Å². The minimum atomic E-state index is -0.530. The molecule has 0 aliphatic carbocycles. The average molecular weight is 403 g/mol. The number of nitrogens with one attached hydrogen (secondary N) is 2. The Hall–Kier alpha value is -1.97. The van der Waals surface area contributed by atoms with E-state index in [9.17, 15) is 4.79 Å². The molecule has 25 heavy (non-hydrogen) atoms. The molecule has 1 aromatic heterocycles. The van der Waals surface area contributed by atoms with Crippen molar-refractivity contribution in [3.63, 3.8) is 0 Å². The number of rotatable bonds is 6. The van der Waals surface area contributed by atoms with Gasteiger partial charge in [0.05, 0.1) is 24.2 Å². The van der Waals surface area contributed by atoms with E-state index < -0.39 is 5.91 Å². The van der Waals surface area contributed by atoms with Crippen LogP contribution in [0, 0.1) is 0 Å². The number of amides is 1. The van der Waals surface area contributed by atoms with Gasteiger partial charge >= 0.3 is 0 Å². The predicted molar refractivity (Wildman–Crippen MR) is 99.4 cm³/mol. The summed E-state index contributed by atoms with van der Waals surface area (Å²) in [5.41, 5.74) is 0.156. The molecule has 0 radical (unpaired) electrons. The highest BCUT2D eigenvalue weighted by molar-refractivity contribution is 7.80. The van der Waals surface area contributed by atoms with Gasteiger partial charge in [-0.2, -0.15) is 4.80 Å². The Kier molecular flexibility index (Phi) is 6.91. The average Bonchev–Trinajstić information content (AvgIpc) is 2.99. The molecular formula is C14H16Cl2N6O2S. The Labute approximate surface area is 159 Å². The lowest BCUT2D eigenvalue weighted by atomic mass is 10.2. The number of benzene rings is 1. The Balaban J connectivity index is 2.03. The second-order valence-corrected chi connectivity index (χ2v) is 6.19. The second kappa shape index (κ2) is 8.93. The molecular weight excluding hydrogens is 387 g/mol. The quantitative estimate of drug-likeness (QED) is 0.717. The molecule has 0 saturated heterocycles. The van der Waals surface area contributed by atoms with Crippen LogP contribution in [0.3, 0.4) is 0 Å². The van der Waals surface area contributed by atoms with Crippen LogP contribution in [0.25, 0.3) is 0 Å². The summed E-state index contributed by atoms with van der Waals surface area (Å²) in [5, 5.41) is 17.5. The fourth-order valence-electron chi connectivity index (χ4n) is 1.93. The molecule has 0 unspecified atom stereocenters. The first kappa shape index (κ1) is 19.4. The predicted octanol–water partition coefficient (Wildman–Crippen LogP) is 2.92. The van der Waals surface area contributed by atoms with Crippen LogP contribution in [0.4, 0.5) is 5.95 Å². The van der Waals surface area contributed by atoms with Gasteiger partial charge in [-0.3, -0.25) is 15.4 Å². The summed E-state index contributed by atoms with van der Waals surface area (Å²) in [4.78, 5) is 13.8. The van der Waals surface area contributed by atoms with Gasteiger partial charge in [0.25, 0.3) is 11.9 Å². The number of nitrogens with zero attached hydrogens (tertiary/aromatic N) is 4. The van der Waals surface area contributed by atoms with E-state index in [2.05, 4.69) is 33.0 Å². The molecule has 1 heterocycles. The molecule has 2 aromatic rings. The fourth-order valence-corrected chi connectivity index (χ4v) is 2.68. The molecule has 0 aliphatic heterocycles. The van der Waals surface area contributed by atoms with E-state index in [4.69, 9.17) is 40.2 Å². The van der Waals surface area contributed by atoms with Crippen molar-refractivity contribution in [1.82, 2.24) is 25.5 Å². The first-order valence-corrected chi connectivity index (χ1v) is 8.54. The number of thiocarbonyl (C=S) groups is 1. The van der Waals surface area contributed by atoms with Crippen LogP contribution < -0.4 is 15.4 Å². The smallest absolute Gasteiger partial charge is 0.269 e. The first-order valence-electron chi connectivity index (χ1n) is 7.37. The van der Waals surface area contributed by atoms with Gasteiger partial charge < -0.3 is 4.74 Å². The maximum atomic E-state index is 12.4. The Bertz CT molecular complexity index is 783. The number of carbonyl (C=O) groups excluding carboxylic acids is 1. The highest BCUT2D eigenvalue weighted by atomic mass is 35.5. The van der Waals surface area contributed by atoms with Crippen LogP contribution in [-0.4, -0.2) is 38.3 Å². The van der Waals surface area contributed by atoms with E-state index in [-0.39, 0.29) is 27.4 Å². The van der Waals surface area contributed by atoms with Crippen molar-refractivity contribution < 1.29 is 9.53 Å². The molecule has 1 aromatic carbocycles. The Morgan fingerprint density at radius 3 is 2.84 bits per heavy atom. The van der Waals surface area contributed by atoms with Crippen LogP contribution >= 0.6 is 35.4 Å². The van der Waals surface area contributed by atoms with Gasteiger partial charge in [-0.1, -0.05) is 41.6 Å². The molecule has 0 aliphatic rings. The normalized spacial score (nSPS) is 10.4. The van der Waals surface area contributed by atoms with Crippen molar-refractivity contribution in [1.29, 1.82) is 0 Å². The minimum Gasteiger partial charge on any atom is -0.494 e. The molecule has 0 fully saturated rings. The van der Waals surface area contributed by atoms with E-state index in [1.165, 1.54) is 24.0 Å². The molecule has 0 bridgehead atoms. The number of halogens is 2. The lowest BCUT2D eigenvalue weighted by molar-refractivity contribution is 0.0975. The molecule has 0 atom stereocenters. The van der Waals surface area contributed by atoms with Gasteiger partial charge in [0.1, 0.15) is 5.75 Å². The van der Waals surface area contributed by atoms with E-state index in [1.807, 2.05) is 0 Å². The third kappa shape index (κ3) is 5.25. The van der Waals surface area contributed by atoms with Gasteiger partial charge in [-0.25, -0.2) is 0 Å². The van der Waals surface area contributed by atoms with Crippen molar-refractivity contribution in [2.75, 3.05) is 12.4 Å². The summed E-state index contributed by atoms with van der Waals surface area (Å²) in [6, 6.07) is 2.91. The van der Waals surface area contributed by atoms with Crippen molar-refractivity contribution >= 4 is 52.4 Å². The molecule has 11 heteroatoms. The third-order valence-corrected chi connectivity index (χ3v) is 3.78. The van der Waals surface area contributed by atoms with Gasteiger partial charge in [-0.05, 0) is 36.0 Å². The van der Waals surface area contributed by atoms with E-state index >= 15 is 0 Å². The highest BCUT2D eigenvalue weighted by Crippen LogP contribution is 2.32. The number of methoxy groups -OCH3 is 1. The van der Waals surface area contributed by atoms with Crippen molar-refractivity contribution in [3.8, 4) is 5.75 Å². The van der Waals surface area contributed by atoms with E-state index in [0.717, 1.165) is 12.8 Å². The van der Waals surface area contributed by atoms with Gasteiger partial charge in [0, 0.05) is 5.02 Å². The van der Waals surface area contributed by atoms with Crippen LogP contribution in [0.2, 0.25) is 10.0 Å². The number of aryl methyl sites for hydroxylation is 1. The highest BCUT2D eigenvalue weighted by Gasteiger charge is 2.18. The van der Waals surface area contributed by atoms with Crippen LogP contribution in [0.5, 0.6) is 5.75 Å². The van der Waals surface area contributed by atoms with Crippen LogP contribution in [0.15, 0.2) is 12.1 Å². The Morgan fingerprint density at radius 2 is 2.16 bits per heavy atom. The number of tetrazole rings is 1. The summed E-state index contributed by atoms with van der Waals surface area (Å²) in [7, 11) is 1.40. The molecule has 1 amide bonds. The summed E-state index contributed by atoms with van der Waals surface area (Å²) in [6.07, 6.45) is 1.95. The third-order valence-electron chi connectivity index (χ3n) is 3.07. The van der Waals surface area contributed by atoms with Crippen molar-refractivity contribution in [2.24, 2.45) is 0 Å². The zero-order valence-electron chi connectivity index (χ0n) is 13.5. The SMILES string of the molecule is CCCCn1nnc(NC(=S)NC(=O)c2cc(Cl)cc(Cl)c2OC)n1. The van der Waals surface area contributed by atoms with Crippen LogP contribution in [0.1, 0.15) is 30.1 Å². The summed E-state index contributed by atoms with van der Waals surface area (Å²) >= 11 is 17.0. The summed E-state index contributed by atoms with van der Waals surface area (Å²) in [5.74, 6) is -0.135. The summed E-state index contributed by atoms with van der Waals surface area (Å²) < 4.78 is 5.14. The number of ether oxygens (including phenoxy) is 1. The first-order chi connectivity index (χ1) is 11.9. The van der Waals surface area contributed by atoms with Crippen LogP contribution in [-0.2, 0) is 6.54 Å².